The Hall–Kier alpha value is -2.83. The summed E-state index contributed by atoms with van der Waals surface area (Å²) in [4.78, 5) is 23.3. The number of ether oxygens (including phenoxy) is 1. The van der Waals surface area contributed by atoms with Gasteiger partial charge in [0.25, 0.3) is 0 Å². The van der Waals surface area contributed by atoms with Gasteiger partial charge in [-0.25, -0.2) is 4.79 Å². The lowest BCUT2D eigenvalue weighted by Crippen LogP contribution is -2.64. The van der Waals surface area contributed by atoms with Crippen molar-refractivity contribution in [3.8, 4) is 0 Å². The number of likely N-dealkylation sites (tertiary alicyclic amines) is 2. The van der Waals surface area contributed by atoms with Crippen molar-refractivity contribution in [1.29, 1.82) is 0 Å². The molecule has 2 saturated heterocycles. The molecule has 0 radical (unpaired) electrons. The fourth-order valence-corrected chi connectivity index (χ4v) is 8.09. The summed E-state index contributed by atoms with van der Waals surface area (Å²) in [7, 11) is 4.42. The molecule has 6 heteroatoms. The maximum Gasteiger partial charge on any atom is 0.416 e. The predicted octanol–water partition coefficient (Wildman–Crippen LogP) is 4.95. The topological polar surface area (TPSA) is 39.3 Å². The molecule has 4 aliphatic rings. The first-order chi connectivity index (χ1) is 17.2. The van der Waals surface area contributed by atoms with Crippen LogP contribution in [0.1, 0.15) is 44.7 Å². The SMILES string of the molecule is C=CCN1c2ccccc2[C@@]2([C@@]34CCN(C)[C@@H]3N(C(=O)OC(C)(C)C)c3ccccc34)CCN(C)[C@@H]12. The first-order valence-electron chi connectivity index (χ1n) is 13.2. The minimum Gasteiger partial charge on any atom is -0.443 e. The van der Waals surface area contributed by atoms with E-state index in [4.69, 9.17) is 4.74 Å². The summed E-state index contributed by atoms with van der Waals surface area (Å²) >= 11 is 0. The van der Waals surface area contributed by atoms with E-state index in [9.17, 15) is 4.79 Å². The highest BCUT2D eigenvalue weighted by Gasteiger charge is 2.74. The van der Waals surface area contributed by atoms with E-state index >= 15 is 0 Å². The van der Waals surface area contributed by atoms with Gasteiger partial charge in [0.1, 0.15) is 11.8 Å². The van der Waals surface area contributed by atoms with Crippen molar-refractivity contribution in [1.82, 2.24) is 9.80 Å². The molecule has 0 aromatic heterocycles. The minimum absolute atomic E-state index is 0.115. The zero-order chi connectivity index (χ0) is 25.5. The Morgan fingerprint density at radius 2 is 1.47 bits per heavy atom. The summed E-state index contributed by atoms with van der Waals surface area (Å²) in [6.07, 6.45) is 3.86. The largest absolute Gasteiger partial charge is 0.443 e. The quantitative estimate of drug-likeness (QED) is 0.575. The molecule has 0 unspecified atom stereocenters. The van der Waals surface area contributed by atoms with Crippen molar-refractivity contribution in [2.24, 2.45) is 0 Å². The molecule has 4 aliphatic heterocycles. The van der Waals surface area contributed by atoms with Gasteiger partial charge < -0.3 is 9.64 Å². The molecule has 4 atom stereocenters. The maximum atomic E-state index is 13.9. The van der Waals surface area contributed by atoms with E-state index in [0.29, 0.717) is 0 Å². The van der Waals surface area contributed by atoms with Crippen LogP contribution in [0.2, 0.25) is 0 Å². The summed E-state index contributed by atoms with van der Waals surface area (Å²) in [5.74, 6) is 0. The van der Waals surface area contributed by atoms with Crippen LogP contribution in [0.25, 0.3) is 0 Å². The number of hydrogen-bond acceptors (Lipinski definition) is 5. The Balaban J connectivity index is 1.63. The molecule has 2 aromatic rings. The van der Waals surface area contributed by atoms with Crippen LogP contribution in [0.4, 0.5) is 16.2 Å². The zero-order valence-electron chi connectivity index (χ0n) is 22.2. The van der Waals surface area contributed by atoms with Gasteiger partial charge in [-0.2, -0.15) is 0 Å². The van der Waals surface area contributed by atoms with Gasteiger partial charge in [-0.1, -0.05) is 42.5 Å². The number of rotatable bonds is 3. The Morgan fingerprint density at radius 1 is 0.944 bits per heavy atom. The first kappa shape index (κ1) is 23.6. The number of anilines is 2. The van der Waals surface area contributed by atoms with Gasteiger partial charge in [0.2, 0.25) is 0 Å². The van der Waals surface area contributed by atoms with Crippen LogP contribution < -0.4 is 9.80 Å². The third-order valence-corrected chi connectivity index (χ3v) is 9.02. The van der Waals surface area contributed by atoms with Gasteiger partial charge in [0.05, 0.1) is 11.9 Å². The maximum absolute atomic E-state index is 13.9. The van der Waals surface area contributed by atoms with Crippen molar-refractivity contribution in [3.05, 3.63) is 72.3 Å². The van der Waals surface area contributed by atoms with Crippen LogP contribution in [-0.4, -0.2) is 67.6 Å². The van der Waals surface area contributed by atoms with Gasteiger partial charge in [-0.15, -0.1) is 6.58 Å². The number of likely N-dealkylation sites (N-methyl/N-ethyl adjacent to an activating group) is 2. The normalized spacial score (nSPS) is 31.2. The van der Waals surface area contributed by atoms with E-state index in [2.05, 4.69) is 77.8 Å². The first-order valence-corrected chi connectivity index (χ1v) is 13.2. The monoisotopic (exact) mass is 486 g/mol. The molecule has 0 spiro atoms. The van der Waals surface area contributed by atoms with Crippen LogP contribution >= 0.6 is 0 Å². The number of carbonyl (C=O) groups excluding carboxylic acids is 1. The highest BCUT2D eigenvalue weighted by atomic mass is 16.6. The van der Waals surface area contributed by atoms with E-state index in [-0.39, 0.29) is 29.3 Å². The Morgan fingerprint density at radius 3 is 2.08 bits per heavy atom. The van der Waals surface area contributed by atoms with Gasteiger partial charge in [0, 0.05) is 36.2 Å². The van der Waals surface area contributed by atoms with Gasteiger partial charge in [-0.3, -0.25) is 14.7 Å². The highest BCUT2D eigenvalue weighted by Crippen LogP contribution is 2.68. The molecule has 0 bridgehead atoms. The van der Waals surface area contributed by atoms with Crippen LogP contribution in [0.3, 0.4) is 0 Å². The molecule has 0 aliphatic carbocycles. The summed E-state index contributed by atoms with van der Waals surface area (Å²) in [5, 5.41) is 0. The summed E-state index contributed by atoms with van der Waals surface area (Å²) in [6, 6.07) is 17.5. The fourth-order valence-electron chi connectivity index (χ4n) is 8.09. The number of hydrogen-bond donors (Lipinski definition) is 0. The molecule has 6 rings (SSSR count). The number of para-hydroxylation sites is 2. The van der Waals surface area contributed by atoms with Crippen LogP contribution in [0.15, 0.2) is 61.2 Å². The molecule has 2 aromatic carbocycles. The molecule has 4 heterocycles. The minimum atomic E-state index is -0.566. The number of carbonyl (C=O) groups is 1. The third kappa shape index (κ3) is 2.83. The smallest absolute Gasteiger partial charge is 0.416 e. The van der Waals surface area contributed by atoms with E-state index < -0.39 is 5.60 Å². The fraction of sp³-hybridized carbons (Fsp3) is 0.500. The average molecular weight is 487 g/mol. The summed E-state index contributed by atoms with van der Waals surface area (Å²) < 4.78 is 6.03. The van der Waals surface area contributed by atoms with Crippen molar-refractivity contribution in [2.75, 3.05) is 43.5 Å². The lowest BCUT2D eigenvalue weighted by Gasteiger charge is -2.50. The van der Waals surface area contributed by atoms with Gasteiger partial charge in [0.15, 0.2) is 0 Å². The van der Waals surface area contributed by atoms with Crippen molar-refractivity contribution in [2.45, 2.75) is 62.4 Å². The number of nitrogens with zero attached hydrogens (tertiary/aromatic N) is 4. The van der Waals surface area contributed by atoms with Gasteiger partial charge in [-0.05, 0) is 71.0 Å². The second-order valence-electron chi connectivity index (χ2n) is 12.0. The van der Waals surface area contributed by atoms with Crippen LogP contribution in [-0.2, 0) is 15.6 Å². The number of benzene rings is 2. The van der Waals surface area contributed by atoms with E-state index in [0.717, 1.165) is 38.2 Å². The van der Waals surface area contributed by atoms with E-state index in [1.165, 1.54) is 16.8 Å². The lowest BCUT2D eigenvalue weighted by atomic mass is 9.55. The molecular weight excluding hydrogens is 448 g/mol. The standard InChI is InChI=1S/C30H38N4O2/c1-7-18-33-23-14-10-8-12-21(23)29(16-19-31(5)25(29)33)30-17-20-32(6)26(30)34(27(35)36-28(2,3)4)24-15-11-9-13-22(24)30/h7-15,25-26H,1,16-20H2,2-6H3/t25-,26+,29-,30+/m0/s1. The predicted molar refractivity (Wildman–Crippen MR) is 145 cm³/mol. The Labute approximate surface area is 215 Å². The van der Waals surface area contributed by atoms with Crippen LogP contribution in [0, 0.1) is 0 Å². The second-order valence-corrected chi connectivity index (χ2v) is 12.0. The molecule has 0 saturated carbocycles. The number of amides is 1. The van der Waals surface area contributed by atoms with Crippen molar-refractivity contribution in [3.63, 3.8) is 0 Å². The molecule has 190 valence electrons. The summed E-state index contributed by atoms with van der Waals surface area (Å²) in [5.41, 5.74) is 3.96. The number of fused-ring (bicyclic) bond motifs is 7. The Bertz CT molecular complexity index is 1220. The average Bonchev–Trinajstić information content (AvgIpc) is 3.52. The molecule has 1 amide bonds. The molecule has 0 N–H and O–H groups in total. The van der Waals surface area contributed by atoms with Crippen molar-refractivity contribution < 1.29 is 9.53 Å². The molecule has 2 fully saturated rings. The lowest BCUT2D eigenvalue weighted by molar-refractivity contribution is 0.0489. The molecule has 36 heavy (non-hydrogen) atoms. The van der Waals surface area contributed by atoms with Crippen LogP contribution in [0.5, 0.6) is 0 Å². The molecule has 6 nitrogen and oxygen atoms in total. The summed E-state index contributed by atoms with van der Waals surface area (Å²) in [6.45, 7) is 12.7. The third-order valence-electron chi connectivity index (χ3n) is 9.02. The Kier molecular flexibility index (Phi) is 5.13. The van der Waals surface area contributed by atoms with Gasteiger partial charge >= 0.3 is 6.09 Å². The van der Waals surface area contributed by atoms with E-state index in [1.807, 2.05) is 37.8 Å². The van der Waals surface area contributed by atoms with E-state index in [1.54, 1.807) is 0 Å². The molecular formula is C30H38N4O2. The second kappa shape index (κ2) is 7.83. The highest BCUT2D eigenvalue weighted by molar-refractivity contribution is 5.94. The van der Waals surface area contributed by atoms with Crippen molar-refractivity contribution >= 4 is 17.5 Å². The zero-order valence-corrected chi connectivity index (χ0v) is 22.2.